The van der Waals surface area contributed by atoms with Crippen LogP contribution in [0.15, 0.2) is 28.2 Å². The van der Waals surface area contributed by atoms with Crippen molar-refractivity contribution in [3.8, 4) is 11.8 Å². The fourth-order valence-corrected chi connectivity index (χ4v) is 2.66. The highest BCUT2D eigenvalue weighted by atomic mass is 16.3. The van der Waals surface area contributed by atoms with Crippen molar-refractivity contribution >= 4 is 6.08 Å². The standard InChI is InChI=1S/C19H24O2/c1-13(2)16-7-5-6-8-17(20)9-14(3)10-18-11-15(4)19(12-16)21-18/h10-11,16-17,20H,1,5,7,9,12H2,2-4H3/b14-10-/t16-,17?/m0/s1. The van der Waals surface area contributed by atoms with Crippen LogP contribution in [0.2, 0.25) is 0 Å². The zero-order valence-corrected chi connectivity index (χ0v) is 13.2. The van der Waals surface area contributed by atoms with Crippen LogP contribution >= 0.6 is 0 Å². The Balaban J connectivity index is 2.34. The van der Waals surface area contributed by atoms with E-state index >= 15 is 0 Å². The Morgan fingerprint density at radius 3 is 2.86 bits per heavy atom. The van der Waals surface area contributed by atoms with Crippen molar-refractivity contribution in [3.05, 3.63) is 40.9 Å². The number of allylic oxidation sites excluding steroid dienone is 1. The highest BCUT2D eigenvalue weighted by Gasteiger charge is 2.16. The van der Waals surface area contributed by atoms with E-state index in [1.54, 1.807) is 0 Å². The molecule has 2 heteroatoms. The lowest BCUT2D eigenvalue weighted by Crippen LogP contribution is -2.06. The second-order valence-electron chi connectivity index (χ2n) is 6.07. The second-order valence-corrected chi connectivity index (χ2v) is 6.07. The van der Waals surface area contributed by atoms with Crippen molar-refractivity contribution in [3.63, 3.8) is 0 Å². The lowest BCUT2D eigenvalue weighted by Gasteiger charge is -2.14. The molecule has 0 aliphatic carbocycles. The van der Waals surface area contributed by atoms with E-state index in [2.05, 4.69) is 38.3 Å². The molecule has 1 aliphatic heterocycles. The molecule has 21 heavy (non-hydrogen) atoms. The average molecular weight is 284 g/mol. The summed E-state index contributed by atoms with van der Waals surface area (Å²) < 4.78 is 5.97. The number of fused-ring (bicyclic) bond motifs is 2. The molecule has 0 aromatic carbocycles. The SMILES string of the molecule is C=C(C)[C@H]1CCC#CC(O)C/C(C)=C\c2cc(C)c(o2)C1. The summed E-state index contributed by atoms with van der Waals surface area (Å²) >= 11 is 0. The average Bonchev–Trinajstić information content (AvgIpc) is 2.72. The van der Waals surface area contributed by atoms with E-state index in [0.717, 1.165) is 41.9 Å². The Labute approximate surface area is 127 Å². The zero-order chi connectivity index (χ0) is 15.4. The molecule has 2 rings (SSSR count). The zero-order valence-electron chi connectivity index (χ0n) is 13.2. The Kier molecular flexibility index (Phi) is 5.09. The molecule has 112 valence electrons. The Morgan fingerprint density at radius 2 is 2.14 bits per heavy atom. The van der Waals surface area contributed by atoms with Crippen LogP contribution in [0, 0.1) is 24.7 Å². The number of aliphatic hydroxyl groups is 1. The fourth-order valence-electron chi connectivity index (χ4n) is 2.66. The van der Waals surface area contributed by atoms with Gasteiger partial charge in [0.2, 0.25) is 0 Å². The quantitative estimate of drug-likeness (QED) is 0.617. The van der Waals surface area contributed by atoms with Crippen molar-refractivity contribution in [1.82, 2.24) is 0 Å². The third-order valence-corrected chi connectivity index (χ3v) is 3.96. The summed E-state index contributed by atoms with van der Waals surface area (Å²) in [5, 5.41) is 9.93. The number of aliphatic hydroxyl groups excluding tert-OH is 1. The molecule has 0 spiro atoms. The van der Waals surface area contributed by atoms with Crippen molar-refractivity contribution in [2.45, 2.75) is 52.6 Å². The van der Waals surface area contributed by atoms with E-state index < -0.39 is 6.10 Å². The molecule has 0 saturated heterocycles. The van der Waals surface area contributed by atoms with Crippen LogP contribution in [-0.2, 0) is 6.42 Å². The van der Waals surface area contributed by atoms with Gasteiger partial charge in [0.05, 0.1) is 0 Å². The summed E-state index contributed by atoms with van der Waals surface area (Å²) in [5.41, 5.74) is 3.42. The summed E-state index contributed by atoms with van der Waals surface area (Å²) in [4.78, 5) is 0. The highest BCUT2D eigenvalue weighted by molar-refractivity contribution is 5.49. The number of aryl methyl sites for hydroxylation is 1. The number of hydrogen-bond donors (Lipinski definition) is 1. The maximum Gasteiger partial charge on any atom is 0.127 e. The molecule has 0 fully saturated rings. The Morgan fingerprint density at radius 1 is 1.38 bits per heavy atom. The van der Waals surface area contributed by atoms with Crippen molar-refractivity contribution in [1.29, 1.82) is 0 Å². The summed E-state index contributed by atoms with van der Waals surface area (Å²) in [6, 6.07) is 2.07. The smallest absolute Gasteiger partial charge is 0.127 e. The predicted octanol–water partition coefficient (Wildman–Crippen LogP) is 4.27. The van der Waals surface area contributed by atoms with E-state index in [1.165, 1.54) is 5.56 Å². The minimum absolute atomic E-state index is 0.375. The molecule has 2 bridgehead atoms. The monoisotopic (exact) mass is 284 g/mol. The molecule has 1 N–H and O–H groups in total. The van der Waals surface area contributed by atoms with Gasteiger partial charge in [-0.2, -0.15) is 0 Å². The van der Waals surface area contributed by atoms with Gasteiger partial charge in [0.25, 0.3) is 0 Å². The molecule has 2 atom stereocenters. The van der Waals surface area contributed by atoms with Crippen LogP contribution < -0.4 is 0 Å². The molecule has 1 aliphatic rings. The van der Waals surface area contributed by atoms with Gasteiger partial charge in [-0.25, -0.2) is 0 Å². The van der Waals surface area contributed by atoms with Gasteiger partial charge in [0, 0.05) is 19.3 Å². The van der Waals surface area contributed by atoms with Gasteiger partial charge in [-0.05, 0) is 50.8 Å². The molecule has 0 saturated carbocycles. The second kappa shape index (κ2) is 6.83. The number of rotatable bonds is 1. The lowest BCUT2D eigenvalue weighted by atomic mass is 9.91. The molecular formula is C19H24O2. The van der Waals surface area contributed by atoms with Gasteiger partial charge in [0.1, 0.15) is 17.6 Å². The van der Waals surface area contributed by atoms with Crippen molar-refractivity contribution in [2.24, 2.45) is 5.92 Å². The molecule has 0 radical (unpaired) electrons. The minimum Gasteiger partial charge on any atom is -0.461 e. The highest BCUT2D eigenvalue weighted by Crippen LogP contribution is 2.26. The number of furan rings is 1. The van der Waals surface area contributed by atoms with Crippen LogP contribution in [-0.4, -0.2) is 11.2 Å². The third kappa shape index (κ3) is 4.37. The van der Waals surface area contributed by atoms with Gasteiger partial charge in [-0.1, -0.05) is 23.6 Å². The van der Waals surface area contributed by atoms with Gasteiger partial charge >= 0.3 is 0 Å². The van der Waals surface area contributed by atoms with Crippen LogP contribution in [0.25, 0.3) is 6.08 Å². The lowest BCUT2D eigenvalue weighted by molar-refractivity contribution is 0.233. The maximum atomic E-state index is 9.93. The van der Waals surface area contributed by atoms with Crippen molar-refractivity contribution in [2.75, 3.05) is 0 Å². The topological polar surface area (TPSA) is 33.4 Å². The van der Waals surface area contributed by atoms with E-state index in [1.807, 2.05) is 13.0 Å². The summed E-state index contributed by atoms with van der Waals surface area (Å²) in [6.45, 7) is 10.2. The van der Waals surface area contributed by atoms with Crippen LogP contribution in [0.5, 0.6) is 0 Å². The molecule has 2 heterocycles. The first kappa shape index (κ1) is 15.7. The predicted molar refractivity (Wildman–Crippen MR) is 86.7 cm³/mol. The minimum atomic E-state index is -0.596. The fraction of sp³-hybridized carbons (Fsp3) is 0.474. The first-order valence-electron chi connectivity index (χ1n) is 7.54. The maximum absolute atomic E-state index is 9.93. The van der Waals surface area contributed by atoms with Crippen molar-refractivity contribution < 1.29 is 9.52 Å². The van der Waals surface area contributed by atoms with Crippen LogP contribution in [0.1, 0.15) is 50.2 Å². The van der Waals surface area contributed by atoms with E-state index in [4.69, 9.17) is 4.42 Å². The van der Waals surface area contributed by atoms with Crippen LogP contribution in [0.3, 0.4) is 0 Å². The van der Waals surface area contributed by atoms with Gasteiger partial charge in [-0.15, -0.1) is 5.92 Å². The summed E-state index contributed by atoms with van der Waals surface area (Å²) in [7, 11) is 0. The molecule has 1 aromatic heterocycles. The van der Waals surface area contributed by atoms with Gasteiger partial charge in [0.15, 0.2) is 0 Å². The normalized spacial score (nSPS) is 25.4. The Bertz CT molecular complexity index is 607. The third-order valence-electron chi connectivity index (χ3n) is 3.96. The molecule has 0 amide bonds. The first-order chi connectivity index (χ1) is 9.95. The summed E-state index contributed by atoms with van der Waals surface area (Å²) in [6.07, 6.45) is 4.57. The largest absolute Gasteiger partial charge is 0.461 e. The Hall–Kier alpha value is -1.72. The molecule has 1 unspecified atom stereocenters. The molecular weight excluding hydrogens is 260 g/mol. The van der Waals surface area contributed by atoms with Crippen LogP contribution in [0.4, 0.5) is 0 Å². The van der Waals surface area contributed by atoms with E-state index in [-0.39, 0.29) is 0 Å². The molecule has 2 nitrogen and oxygen atoms in total. The van der Waals surface area contributed by atoms with E-state index in [9.17, 15) is 5.11 Å². The van der Waals surface area contributed by atoms with E-state index in [0.29, 0.717) is 12.3 Å². The van der Waals surface area contributed by atoms with Gasteiger partial charge in [-0.3, -0.25) is 0 Å². The number of hydrogen-bond acceptors (Lipinski definition) is 2. The van der Waals surface area contributed by atoms with Gasteiger partial charge < -0.3 is 9.52 Å². The molecule has 1 aromatic rings. The first-order valence-corrected chi connectivity index (χ1v) is 7.54. The summed E-state index contributed by atoms with van der Waals surface area (Å²) in [5.74, 6) is 8.29.